The minimum atomic E-state index is -0.0690. The molecule has 0 saturated carbocycles. The molecule has 0 aliphatic carbocycles. The molecule has 2 atom stereocenters. The van der Waals surface area contributed by atoms with Crippen LogP contribution in [0.2, 0.25) is 0 Å². The van der Waals surface area contributed by atoms with Gasteiger partial charge >= 0.3 is 0 Å². The second-order valence-electron chi connectivity index (χ2n) is 5.49. The van der Waals surface area contributed by atoms with Crippen molar-refractivity contribution in [2.45, 2.75) is 32.3 Å². The zero-order valence-electron chi connectivity index (χ0n) is 11.7. The Balaban J connectivity index is 1.78. The van der Waals surface area contributed by atoms with Crippen molar-refractivity contribution >= 4 is 5.91 Å². The predicted molar refractivity (Wildman–Crippen MR) is 74.2 cm³/mol. The van der Waals surface area contributed by atoms with Gasteiger partial charge in [-0.05, 0) is 30.2 Å². The number of nitrogens with zero attached hydrogens (tertiary/aromatic N) is 1. The quantitative estimate of drug-likeness (QED) is 0.872. The fraction of sp³-hybridized carbons (Fsp3) is 0.533. The van der Waals surface area contributed by atoms with E-state index in [0.717, 1.165) is 11.1 Å². The number of carbonyl (C=O) groups is 1. The van der Waals surface area contributed by atoms with Crippen LogP contribution in [0.1, 0.15) is 28.4 Å². The van der Waals surface area contributed by atoms with Gasteiger partial charge in [-0.2, -0.15) is 0 Å². The third kappa shape index (κ3) is 2.57. The van der Waals surface area contributed by atoms with E-state index in [9.17, 15) is 4.79 Å². The second-order valence-corrected chi connectivity index (χ2v) is 5.49. The normalized spacial score (nSPS) is 25.6. The van der Waals surface area contributed by atoms with Crippen molar-refractivity contribution in [2.75, 3.05) is 19.6 Å². The highest BCUT2D eigenvalue weighted by Crippen LogP contribution is 2.22. The van der Waals surface area contributed by atoms with Crippen LogP contribution in [0.4, 0.5) is 0 Å². The van der Waals surface area contributed by atoms with Gasteiger partial charge in [0.15, 0.2) is 0 Å². The van der Waals surface area contributed by atoms with Crippen molar-refractivity contribution in [1.82, 2.24) is 4.90 Å². The van der Waals surface area contributed by atoms with Crippen molar-refractivity contribution in [3.8, 4) is 0 Å². The molecule has 5 nitrogen and oxygen atoms in total. The van der Waals surface area contributed by atoms with Crippen LogP contribution >= 0.6 is 0 Å². The molecule has 1 fully saturated rings. The van der Waals surface area contributed by atoms with Crippen LogP contribution in [0.25, 0.3) is 0 Å². The standard InChI is InChI=1S/C15H20N2O3/c1-10-6-17(7-14(5-16)20-10)15(18)11-2-3-12-8-19-9-13(12)4-11/h2-4,10,14H,5-9,16H2,1H3. The van der Waals surface area contributed by atoms with Crippen molar-refractivity contribution in [3.05, 3.63) is 34.9 Å². The summed E-state index contributed by atoms with van der Waals surface area (Å²) in [6.07, 6.45) is -0.0422. The first-order valence-corrected chi connectivity index (χ1v) is 7.01. The number of nitrogens with two attached hydrogens (primary N) is 1. The first-order valence-electron chi connectivity index (χ1n) is 7.01. The first kappa shape index (κ1) is 13.5. The maximum absolute atomic E-state index is 12.6. The van der Waals surface area contributed by atoms with Gasteiger partial charge in [0.2, 0.25) is 0 Å². The molecule has 2 N–H and O–H groups in total. The van der Waals surface area contributed by atoms with Crippen LogP contribution in [-0.2, 0) is 22.7 Å². The molecule has 2 heterocycles. The van der Waals surface area contributed by atoms with Gasteiger partial charge in [-0.3, -0.25) is 4.79 Å². The second kappa shape index (κ2) is 5.52. The zero-order valence-corrected chi connectivity index (χ0v) is 11.7. The van der Waals surface area contributed by atoms with Crippen LogP contribution < -0.4 is 5.73 Å². The molecule has 0 bridgehead atoms. The number of morpholine rings is 1. The number of benzene rings is 1. The van der Waals surface area contributed by atoms with E-state index < -0.39 is 0 Å². The molecule has 2 aliphatic rings. The Morgan fingerprint density at radius 1 is 1.35 bits per heavy atom. The van der Waals surface area contributed by atoms with Crippen LogP contribution in [0.3, 0.4) is 0 Å². The molecule has 3 rings (SSSR count). The predicted octanol–water partition coefficient (Wildman–Crippen LogP) is 0.905. The Morgan fingerprint density at radius 2 is 2.15 bits per heavy atom. The number of carbonyl (C=O) groups excluding carboxylic acids is 1. The van der Waals surface area contributed by atoms with Crippen LogP contribution in [-0.4, -0.2) is 42.6 Å². The number of rotatable bonds is 2. The molecular weight excluding hydrogens is 256 g/mol. The Labute approximate surface area is 118 Å². The summed E-state index contributed by atoms with van der Waals surface area (Å²) in [7, 11) is 0. The fourth-order valence-electron chi connectivity index (χ4n) is 2.83. The van der Waals surface area contributed by atoms with Crippen LogP contribution in [0.15, 0.2) is 18.2 Å². The number of hydrogen-bond acceptors (Lipinski definition) is 4. The SMILES string of the molecule is CC1CN(C(=O)c2ccc3c(c2)COC3)CC(CN)O1. The minimum absolute atomic E-state index is 0.0269. The highest BCUT2D eigenvalue weighted by molar-refractivity contribution is 5.94. The lowest BCUT2D eigenvalue weighted by Gasteiger charge is -2.36. The average molecular weight is 276 g/mol. The maximum Gasteiger partial charge on any atom is 0.254 e. The molecule has 1 saturated heterocycles. The first-order chi connectivity index (χ1) is 9.67. The summed E-state index contributed by atoms with van der Waals surface area (Å²) in [4.78, 5) is 14.4. The lowest BCUT2D eigenvalue weighted by Crippen LogP contribution is -2.51. The van der Waals surface area contributed by atoms with Crippen molar-refractivity contribution in [1.29, 1.82) is 0 Å². The Bertz CT molecular complexity index is 518. The lowest BCUT2D eigenvalue weighted by molar-refractivity contribution is -0.0625. The maximum atomic E-state index is 12.6. The third-order valence-electron chi connectivity index (χ3n) is 3.84. The highest BCUT2D eigenvalue weighted by atomic mass is 16.5. The smallest absolute Gasteiger partial charge is 0.254 e. The summed E-state index contributed by atoms with van der Waals surface area (Å²) in [5, 5.41) is 0. The molecule has 1 amide bonds. The van der Waals surface area contributed by atoms with Gasteiger partial charge in [-0.15, -0.1) is 0 Å². The van der Waals surface area contributed by atoms with E-state index in [4.69, 9.17) is 15.2 Å². The van der Waals surface area contributed by atoms with E-state index in [1.807, 2.05) is 30.0 Å². The molecule has 1 aromatic carbocycles. The Hall–Kier alpha value is -1.43. The number of fused-ring (bicyclic) bond motifs is 1. The van der Waals surface area contributed by atoms with Gasteiger partial charge in [-0.25, -0.2) is 0 Å². The van der Waals surface area contributed by atoms with Gasteiger partial charge in [0.05, 0.1) is 25.4 Å². The Morgan fingerprint density at radius 3 is 2.95 bits per heavy atom. The zero-order chi connectivity index (χ0) is 14.1. The van der Waals surface area contributed by atoms with E-state index in [1.54, 1.807) is 0 Å². The third-order valence-corrected chi connectivity index (χ3v) is 3.84. The largest absolute Gasteiger partial charge is 0.372 e. The summed E-state index contributed by atoms with van der Waals surface area (Å²) in [5.41, 5.74) is 8.68. The monoisotopic (exact) mass is 276 g/mol. The van der Waals surface area contributed by atoms with E-state index in [0.29, 0.717) is 32.8 Å². The molecule has 1 aromatic rings. The topological polar surface area (TPSA) is 64.8 Å². The highest BCUT2D eigenvalue weighted by Gasteiger charge is 2.28. The van der Waals surface area contributed by atoms with E-state index in [2.05, 4.69) is 0 Å². The van der Waals surface area contributed by atoms with E-state index in [1.165, 1.54) is 5.56 Å². The van der Waals surface area contributed by atoms with Crippen molar-refractivity contribution in [2.24, 2.45) is 5.73 Å². The van der Waals surface area contributed by atoms with E-state index in [-0.39, 0.29) is 18.1 Å². The number of ether oxygens (including phenoxy) is 2. The molecule has 108 valence electrons. The van der Waals surface area contributed by atoms with Crippen molar-refractivity contribution < 1.29 is 14.3 Å². The Kier molecular flexibility index (Phi) is 3.74. The molecule has 0 spiro atoms. The number of amides is 1. The summed E-state index contributed by atoms with van der Waals surface area (Å²) >= 11 is 0. The average Bonchev–Trinajstić information content (AvgIpc) is 2.93. The summed E-state index contributed by atoms with van der Waals surface area (Å²) in [6.45, 7) is 4.83. The van der Waals surface area contributed by atoms with Gasteiger partial charge < -0.3 is 20.1 Å². The fourth-order valence-corrected chi connectivity index (χ4v) is 2.83. The van der Waals surface area contributed by atoms with Crippen LogP contribution in [0, 0.1) is 0 Å². The molecule has 20 heavy (non-hydrogen) atoms. The summed E-state index contributed by atoms with van der Waals surface area (Å²) < 4.78 is 11.1. The van der Waals surface area contributed by atoms with E-state index >= 15 is 0 Å². The van der Waals surface area contributed by atoms with Crippen molar-refractivity contribution in [3.63, 3.8) is 0 Å². The van der Waals surface area contributed by atoms with Gasteiger partial charge in [0, 0.05) is 25.2 Å². The van der Waals surface area contributed by atoms with Gasteiger partial charge in [0.1, 0.15) is 0 Å². The molecule has 5 heteroatoms. The summed E-state index contributed by atoms with van der Waals surface area (Å²) in [6, 6.07) is 5.82. The molecular formula is C15H20N2O3. The van der Waals surface area contributed by atoms with Gasteiger partial charge in [0.25, 0.3) is 5.91 Å². The molecule has 0 aromatic heterocycles. The summed E-state index contributed by atoms with van der Waals surface area (Å²) in [5.74, 6) is 0.0494. The molecule has 2 aliphatic heterocycles. The van der Waals surface area contributed by atoms with Crippen LogP contribution in [0.5, 0.6) is 0 Å². The van der Waals surface area contributed by atoms with Gasteiger partial charge in [-0.1, -0.05) is 6.07 Å². The lowest BCUT2D eigenvalue weighted by atomic mass is 10.0. The molecule has 2 unspecified atom stereocenters. The number of hydrogen-bond donors (Lipinski definition) is 1. The minimum Gasteiger partial charge on any atom is -0.372 e. The molecule has 0 radical (unpaired) electrons.